The Kier molecular flexibility index (Phi) is 4.05. The van der Waals surface area contributed by atoms with Crippen molar-refractivity contribution in [1.29, 1.82) is 0 Å². The fourth-order valence-electron chi connectivity index (χ4n) is 1.28. The van der Waals surface area contributed by atoms with Crippen LogP contribution in [0.5, 0.6) is 11.5 Å². The molecule has 0 bridgehead atoms. The van der Waals surface area contributed by atoms with Crippen LogP contribution >= 0.6 is 0 Å². The van der Waals surface area contributed by atoms with Crippen molar-refractivity contribution < 1.29 is 9.47 Å². The highest BCUT2D eigenvalue weighted by Crippen LogP contribution is 2.33. The molecule has 90 valence electrons. The van der Waals surface area contributed by atoms with Crippen molar-refractivity contribution in [2.45, 2.75) is 39.7 Å². The van der Waals surface area contributed by atoms with Crippen LogP contribution in [-0.2, 0) is 0 Å². The van der Waals surface area contributed by atoms with Crippen LogP contribution < -0.4 is 15.2 Å². The molecule has 0 aliphatic rings. The molecule has 16 heavy (non-hydrogen) atoms. The fourth-order valence-corrected chi connectivity index (χ4v) is 1.28. The Morgan fingerprint density at radius 2 is 1.81 bits per heavy atom. The first-order valence-corrected chi connectivity index (χ1v) is 5.64. The molecule has 1 aromatic carbocycles. The van der Waals surface area contributed by atoms with E-state index in [4.69, 9.17) is 15.2 Å². The minimum atomic E-state index is -0.252. The summed E-state index contributed by atoms with van der Waals surface area (Å²) in [5.74, 6) is 1.38. The van der Waals surface area contributed by atoms with Gasteiger partial charge < -0.3 is 15.2 Å². The number of ether oxygens (including phenoxy) is 2. The SMILES string of the molecule is CCCOc1cccc(OC(C)(C)C)c1N. The third kappa shape index (κ3) is 3.65. The summed E-state index contributed by atoms with van der Waals surface area (Å²) in [7, 11) is 0. The summed E-state index contributed by atoms with van der Waals surface area (Å²) >= 11 is 0. The maximum absolute atomic E-state index is 5.98. The van der Waals surface area contributed by atoms with Gasteiger partial charge in [0.1, 0.15) is 22.8 Å². The van der Waals surface area contributed by atoms with Crippen LogP contribution in [0, 0.1) is 0 Å². The lowest BCUT2D eigenvalue weighted by atomic mass is 10.2. The number of rotatable bonds is 4. The number of hydrogen-bond acceptors (Lipinski definition) is 3. The third-order valence-corrected chi connectivity index (χ3v) is 1.90. The van der Waals surface area contributed by atoms with Crippen LogP contribution in [0.15, 0.2) is 18.2 Å². The molecule has 0 radical (unpaired) electrons. The van der Waals surface area contributed by atoms with Gasteiger partial charge in [-0.15, -0.1) is 0 Å². The molecule has 0 aliphatic carbocycles. The Morgan fingerprint density at radius 1 is 1.19 bits per heavy atom. The van der Waals surface area contributed by atoms with Crippen molar-refractivity contribution >= 4 is 5.69 Å². The topological polar surface area (TPSA) is 44.5 Å². The van der Waals surface area contributed by atoms with E-state index in [-0.39, 0.29) is 5.60 Å². The first-order valence-electron chi connectivity index (χ1n) is 5.64. The average molecular weight is 223 g/mol. The largest absolute Gasteiger partial charge is 0.491 e. The van der Waals surface area contributed by atoms with Gasteiger partial charge in [-0.25, -0.2) is 0 Å². The molecule has 2 N–H and O–H groups in total. The van der Waals surface area contributed by atoms with E-state index >= 15 is 0 Å². The van der Waals surface area contributed by atoms with E-state index < -0.39 is 0 Å². The van der Waals surface area contributed by atoms with Gasteiger partial charge in [0.2, 0.25) is 0 Å². The molecule has 0 atom stereocenters. The lowest BCUT2D eigenvalue weighted by Gasteiger charge is -2.23. The minimum absolute atomic E-state index is 0.252. The molecule has 3 heteroatoms. The zero-order valence-corrected chi connectivity index (χ0v) is 10.5. The van der Waals surface area contributed by atoms with E-state index in [1.54, 1.807) is 0 Å². The minimum Gasteiger partial charge on any atom is -0.491 e. The van der Waals surface area contributed by atoms with Gasteiger partial charge in [0.25, 0.3) is 0 Å². The molecular weight excluding hydrogens is 202 g/mol. The lowest BCUT2D eigenvalue weighted by Crippen LogP contribution is -2.23. The molecule has 0 aromatic heterocycles. The van der Waals surface area contributed by atoms with Gasteiger partial charge in [-0.2, -0.15) is 0 Å². The number of anilines is 1. The predicted octanol–water partition coefficient (Wildman–Crippen LogP) is 3.23. The zero-order chi connectivity index (χ0) is 12.2. The van der Waals surface area contributed by atoms with Gasteiger partial charge in [-0.3, -0.25) is 0 Å². The van der Waals surface area contributed by atoms with Crippen molar-refractivity contribution in [3.05, 3.63) is 18.2 Å². The number of hydrogen-bond donors (Lipinski definition) is 1. The quantitative estimate of drug-likeness (QED) is 0.797. The van der Waals surface area contributed by atoms with Crippen molar-refractivity contribution in [3.8, 4) is 11.5 Å². The number of nitrogen functional groups attached to an aromatic ring is 1. The highest BCUT2D eigenvalue weighted by Gasteiger charge is 2.15. The number of benzene rings is 1. The van der Waals surface area contributed by atoms with Gasteiger partial charge in [0, 0.05) is 0 Å². The van der Waals surface area contributed by atoms with Crippen LogP contribution in [0.3, 0.4) is 0 Å². The molecule has 0 saturated carbocycles. The van der Waals surface area contributed by atoms with E-state index in [0.29, 0.717) is 23.8 Å². The normalized spacial score (nSPS) is 11.2. The smallest absolute Gasteiger partial charge is 0.146 e. The van der Waals surface area contributed by atoms with Crippen molar-refractivity contribution in [3.63, 3.8) is 0 Å². The molecule has 1 rings (SSSR count). The van der Waals surface area contributed by atoms with Gasteiger partial charge in [0.15, 0.2) is 0 Å². The van der Waals surface area contributed by atoms with Gasteiger partial charge in [-0.1, -0.05) is 13.0 Å². The van der Waals surface area contributed by atoms with E-state index in [1.165, 1.54) is 0 Å². The monoisotopic (exact) mass is 223 g/mol. The first-order chi connectivity index (χ1) is 7.44. The van der Waals surface area contributed by atoms with Crippen LogP contribution in [-0.4, -0.2) is 12.2 Å². The third-order valence-electron chi connectivity index (χ3n) is 1.90. The predicted molar refractivity (Wildman–Crippen MR) is 67.0 cm³/mol. The zero-order valence-electron chi connectivity index (χ0n) is 10.5. The summed E-state index contributed by atoms with van der Waals surface area (Å²) in [6.07, 6.45) is 0.962. The Hall–Kier alpha value is -1.38. The molecule has 0 unspecified atom stereocenters. The molecule has 0 amide bonds. The molecule has 0 aliphatic heterocycles. The van der Waals surface area contributed by atoms with E-state index in [2.05, 4.69) is 6.92 Å². The van der Waals surface area contributed by atoms with Crippen molar-refractivity contribution in [1.82, 2.24) is 0 Å². The van der Waals surface area contributed by atoms with E-state index in [0.717, 1.165) is 6.42 Å². The van der Waals surface area contributed by atoms with Crippen LogP contribution in [0.1, 0.15) is 34.1 Å². The molecule has 0 heterocycles. The van der Waals surface area contributed by atoms with Crippen LogP contribution in [0.25, 0.3) is 0 Å². The summed E-state index contributed by atoms with van der Waals surface area (Å²) in [5.41, 5.74) is 6.30. The first kappa shape index (κ1) is 12.7. The maximum atomic E-state index is 5.98. The number of para-hydroxylation sites is 1. The second-order valence-electron chi connectivity index (χ2n) is 4.73. The fraction of sp³-hybridized carbons (Fsp3) is 0.538. The summed E-state index contributed by atoms with van der Waals surface area (Å²) in [4.78, 5) is 0. The standard InChI is InChI=1S/C13H21NO2/c1-5-9-15-10-7-6-8-11(12(10)14)16-13(2,3)4/h6-8H,5,9,14H2,1-4H3. The van der Waals surface area contributed by atoms with Crippen molar-refractivity contribution in [2.75, 3.05) is 12.3 Å². The highest BCUT2D eigenvalue weighted by atomic mass is 16.5. The highest BCUT2D eigenvalue weighted by molar-refractivity contribution is 5.62. The average Bonchev–Trinajstić information content (AvgIpc) is 2.17. The Labute approximate surface area is 97.6 Å². The Balaban J connectivity index is 2.86. The molecule has 0 saturated heterocycles. The molecule has 1 aromatic rings. The molecule has 0 spiro atoms. The second-order valence-corrected chi connectivity index (χ2v) is 4.73. The van der Waals surface area contributed by atoms with E-state index in [1.807, 2.05) is 39.0 Å². The van der Waals surface area contributed by atoms with Crippen LogP contribution in [0.2, 0.25) is 0 Å². The molecule has 3 nitrogen and oxygen atoms in total. The van der Waals surface area contributed by atoms with E-state index in [9.17, 15) is 0 Å². The molecular formula is C13H21NO2. The Bertz CT molecular complexity index is 342. The second kappa shape index (κ2) is 5.10. The summed E-state index contributed by atoms with van der Waals surface area (Å²) in [5, 5.41) is 0. The Morgan fingerprint density at radius 3 is 2.38 bits per heavy atom. The summed E-state index contributed by atoms with van der Waals surface area (Å²) < 4.78 is 11.3. The van der Waals surface area contributed by atoms with Gasteiger partial charge in [-0.05, 0) is 39.3 Å². The summed E-state index contributed by atoms with van der Waals surface area (Å²) in [6, 6.07) is 5.61. The van der Waals surface area contributed by atoms with Gasteiger partial charge in [0.05, 0.1) is 6.61 Å². The maximum Gasteiger partial charge on any atom is 0.146 e. The number of nitrogens with two attached hydrogens (primary N) is 1. The van der Waals surface area contributed by atoms with Crippen LogP contribution in [0.4, 0.5) is 5.69 Å². The van der Waals surface area contributed by atoms with Crippen molar-refractivity contribution in [2.24, 2.45) is 0 Å². The lowest BCUT2D eigenvalue weighted by molar-refractivity contribution is 0.131. The van der Waals surface area contributed by atoms with Gasteiger partial charge >= 0.3 is 0 Å². The summed E-state index contributed by atoms with van der Waals surface area (Å²) in [6.45, 7) is 8.71. The molecule has 0 fully saturated rings.